The van der Waals surface area contributed by atoms with Gasteiger partial charge in [0, 0.05) is 5.75 Å². The Morgan fingerprint density at radius 3 is 2.68 bits per heavy atom. The van der Waals surface area contributed by atoms with Crippen LogP contribution in [-0.4, -0.2) is 29.7 Å². The van der Waals surface area contributed by atoms with Crippen LogP contribution in [0.3, 0.4) is 0 Å². The maximum Gasteiger partial charge on any atom is 0.306 e. The standard InChI is InChI=1S/C15H20O3S/c1-18-14(17)9-15(7-8-15)11-19-10-13(16)12-5-3-2-4-6-12/h2-6,13,16H,7-11H2,1H3. The van der Waals surface area contributed by atoms with Gasteiger partial charge in [0.25, 0.3) is 0 Å². The molecule has 0 bridgehead atoms. The number of thioether (sulfide) groups is 1. The second-order valence-corrected chi connectivity index (χ2v) is 6.22. The fourth-order valence-corrected chi connectivity index (χ4v) is 3.44. The highest BCUT2D eigenvalue weighted by molar-refractivity contribution is 7.99. The van der Waals surface area contributed by atoms with Gasteiger partial charge in [-0.3, -0.25) is 4.79 Å². The van der Waals surface area contributed by atoms with Crippen LogP contribution >= 0.6 is 11.8 Å². The molecule has 104 valence electrons. The molecule has 3 nitrogen and oxygen atoms in total. The van der Waals surface area contributed by atoms with Crippen LogP contribution in [0.5, 0.6) is 0 Å². The predicted octanol–water partition coefficient (Wildman–Crippen LogP) is 2.80. The third kappa shape index (κ3) is 4.25. The van der Waals surface area contributed by atoms with Gasteiger partial charge >= 0.3 is 5.97 Å². The van der Waals surface area contributed by atoms with E-state index >= 15 is 0 Å². The van der Waals surface area contributed by atoms with E-state index in [4.69, 9.17) is 4.74 Å². The van der Waals surface area contributed by atoms with Gasteiger partial charge in [0.05, 0.1) is 19.6 Å². The molecule has 0 radical (unpaired) electrons. The third-order valence-electron chi connectivity index (χ3n) is 3.57. The highest BCUT2D eigenvalue weighted by Gasteiger charge is 2.44. The number of hydrogen-bond donors (Lipinski definition) is 1. The average molecular weight is 280 g/mol. The molecule has 1 saturated carbocycles. The van der Waals surface area contributed by atoms with E-state index in [1.807, 2.05) is 30.3 Å². The predicted molar refractivity (Wildman–Crippen MR) is 77.0 cm³/mol. The highest BCUT2D eigenvalue weighted by atomic mass is 32.2. The zero-order valence-electron chi connectivity index (χ0n) is 11.2. The van der Waals surface area contributed by atoms with Gasteiger partial charge in [-0.1, -0.05) is 30.3 Å². The molecular formula is C15H20O3S. The van der Waals surface area contributed by atoms with Crippen molar-refractivity contribution in [1.82, 2.24) is 0 Å². The van der Waals surface area contributed by atoms with Gasteiger partial charge in [0.15, 0.2) is 0 Å². The maximum absolute atomic E-state index is 11.3. The number of hydrogen-bond acceptors (Lipinski definition) is 4. The summed E-state index contributed by atoms with van der Waals surface area (Å²) in [5.74, 6) is 1.47. The zero-order valence-corrected chi connectivity index (χ0v) is 12.0. The fourth-order valence-electron chi connectivity index (χ4n) is 2.09. The maximum atomic E-state index is 11.3. The third-order valence-corrected chi connectivity index (χ3v) is 4.94. The van der Waals surface area contributed by atoms with Crippen molar-refractivity contribution in [2.45, 2.75) is 25.4 Å². The largest absolute Gasteiger partial charge is 0.469 e. The Morgan fingerprint density at radius 1 is 1.42 bits per heavy atom. The van der Waals surface area contributed by atoms with Crippen molar-refractivity contribution in [3.05, 3.63) is 35.9 Å². The second kappa shape index (κ2) is 6.44. The van der Waals surface area contributed by atoms with Crippen LogP contribution in [0.1, 0.15) is 30.9 Å². The van der Waals surface area contributed by atoms with Crippen LogP contribution in [0.15, 0.2) is 30.3 Å². The van der Waals surface area contributed by atoms with Crippen molar-refractivity contribution in [1.29, 1.82) is 0 Å². The molecule has 1 aliphatic carbocycles. The summed E-state index contributed by atoms with van der Waals surface area (Å²) < 4.78 is 4.73. The van der Waals surface area contributed by atoms with E-state index in [-0.39, 0.29) is 11.4 Å². The quantitative estimate of drug-likeness (QED) is 0.780. The topological polar surface area (TPSA) is 46.5 Å². The first-order valence-corrected chi connectivity index (χ1v) is 7.68. The minimum Gasteiger partial charge on any atom is -0.469 e. The lowest BCUT2D eigenvalue weighted by atomic mass is 10.1. The van der Waals surface area contributed by atoms with Crippen LogP contribution in [0.2, 0.25) is 0 Å². The van der Waals surface area contributed by atoms with Crippen LogP contribution in [0.25, 0.3) is 0 Å². The molecular weight excluding hydrogens is 260 g/mol. The van der Waals surface area contributed by atoms with E-state index in [0.29, 0.717) is 12.2 Å². The molecule has 1 unspecified atom stereocenters. The van der Waals surface area contributed by atoms with Crippen LogP contribution < -0.4 is 0 Å². The fraction of sp³-hybridized carbons (Fsp3) is 0.533. The number of aliphatic hydroxyl groups is 1. The molecule has 1 fully saturated rings. The molecule has 1 aromatic rings. The van der Waals surface area contributed by atoms with Gasteiger partial charge in [-0.15, -0.1) is 0 Å². The molecule has 0 heterocycles. The Labute approximate surface area is 118 Å². The molecule has 4 heteroatoms. The summed E-state index contributed by atoms with van der Waals surface area (Å²) in [7, 11) is 1.44. The molecule has 2 rings (SSSR count). The normalized spacial score (nSPS) is 17.8. The number of rotatable bonds is 7. The van der Waals surface area contributed by atoms with Gasteiger partial charge in [0.2, 0.25) is 0 Å². The lowest BCUT2D eigenvalue weighted by Crippen LogP contribution is -2.14. The van der Waals surface area contributed by atoms with Gasteiger partial charge in [-0.05, 0) is 29.6 Å². The molecule has 0 aliphatic heterocycles. The first kappa shape index (κ1) is 14.4. The van der Waals surface area contributed by atoms with Crippen molar-refractivity contribution in [2.75, 3.05) is 18.6 Å². The van der Waals surface area contributed by atoms with Gasteiger partial charge in [-0.2, -0.15) is 11.8 Å². The van der Waals surface area contributed by atoms with E-state index in [2.05, 4.69) is 0 Å². The number of ether oxygens (including phenoxy) is 1. The molecule has 1 aliphatic rings. The summed E-state index contributed by atoms with van der Waals surface area (Å²) >= 11 is 1.72. The molecule has 19 heavy (non-hydrogen) atoms. The first-order chi connectivity index (χ1) is 9.15. The van der Waals surface area contributed by atoms with Crippen LogP contribution in [-0.2, 0) is 9.53 Å². The summed E-state index contributed by atoms with van der Waals surface area (Å²) in [4.78, 5) is 11.3. The van der Waals surface area contributed by atoms with Gasteiger partial charge in [0.1, 0.15) is 0 Å². The minimum atomic E-state index is -0.430. The van der Waals surface area contributed by atoms with E-state index in [1.165, 1.54) is 7.11 Å². The SMILES string of the molecule is COC(=O)CC1(CSCC(O)c2ccccc2)CC1. The Morgan fingerprint density at radius 2 is 2.11 bits per heavy atom. The van der Waals surface area contributed by atoms with E-state index in [9.17, 15) is 9.90 Å². The lowest BCUT2D eigenvalue weighted by Gasteiger charge is -2.15. The summed E-state index contributed by atoms with van der Waals surface area (Å²) in [5.41, 5.74) is 1.08. The summed E-state index contributed by atoms with van der Waals surface area (Å²) in [6.07, 6.45) is 2.27. The zero-order chi connectivity index (χ0) is 13.7. The molecule has 1 N–H and O–H groups in total. The summed E-state index contributed by atoms with van der Waals surface area (Å²) in [5, 5.41) is 10.1. The average Bonchev–Trinajstić information content (AvgIpc) is 3.19. The number of carbonyl (C=O) groups excluding carboxylic acids is 1. The van der Waals surface area contributed by atoms with Crippen molar-refractivity contribution in [2.24, 2.45) is 5.41 Å². The Kier molecular flexibility index (Phi) is 4.88. The van der Waals surface area contributed by atoms with E-state index in [1.54, 1.807) is 11.8 Å². The number of esters is 1. The molecule has 1 atom stereocenters. The molecule has 0 aromatic heterocycles. The Balaban J connectivity index is 1.73. The molecule has 0 spiro atoms. The minimum absolute atomic E-state index is 0.123. The number of carbonyl (C=O) groups is 1. The van der Waals surface area contributed by atoms with E-state index in [0.717, 1.165) is 24.2 Å². The van der Waals surface area contributed by atoms with Crippen molar-refractivity contribution in [3.63, 3.8) is 0 Å². The number of aliphatic hydroxyl groups excluding tert-OH is 1. The van der Waals surface area contributed by atoms with Crippen molar-refractivity contribution >= 4 is 17.7 Å². The number of benzene rings is 1. The lowest BCUT2D eigenvalue weighted by molar-refractivity contribution is -0.141. The van der Waals surface area contributed by atoms with Crippen LogP contribution in [0, 0.1) is 5.41 Å². The molecule has 1 aromatic carbocycles. The second-order valence-electron chi connectivity index (χ2n) is 5.19. The summed E-state index contributed by atoms with van der Waals surface area (Å²) in [6.45, 7) is 0. The highest BCUT2D eigenvalue weighted by Crippen LogP contribution is 2.51. The first-order valence-electron chi connectivity index (χ1n) is 6.53. The van der Waals surface area contributed by atoms with E-state index < -0.39 is 6.10 Å². The van der Waals surface area contributed by atoms with Gasteiger partial charge in [-0.25, -0.2) is 0 Å². The Hall–Kier alpha value is -1.00. The summed E-state index contributed by atoms with van der Waals surface area (Å²) in [6, 6.07) is 9.68. The Bertz CT molecular complexity index is 415. The molecule has 0 amide bonds. The van der Waals surface area contributed by atoms with Crippen LogP contribution in [0.4, 0.5) is 0 Å². The smallest absolute Gasteiger partial charge is 0.306 e. The molecule has 0 saturated heterocycles. The monoisotopic (exact) mass is 280 g/mol. The van der Waals surface area contributed by atoms with Crippen molar-refractivity contribution in [3.8, 4) is 0 Å². The van der Waals surface area contributed by atoms with Crippen molar-refractivity contribution < 1.29 is 14.6 Å². The van der Waals surface area contributed by atoms with Gasteiger partial charge < -0.3 is 9.84 Å². The number of methoxy groups -OCH3 is 1.